The molecule has 0 aliphatic heterocycles. The Hall–Kier alpha value is -3.14. The van der Waals surface area contributed by atoms with Crippen molar-refractivity contribution >= 4 is 38.2 Å². The van der Waals surface area contributed by atoms with Gasteiger partial charge in [0.15, 0.2) is 0 Å². The van der Waals surface area contributed by atoms with Gasteiger partial charge in [-0.15, -0.1) is 0 Å². The minimum Gasteiger partial charge on any atom is -0.355 e. The van der Waals surface area contributed by atoms with E-state index in [1.165, 1.54) is 30.3 Å². The highest BCUT2D eigenvalue weighted by atomic mass is 32.2. The molecule has 0 spiro atoms. The van der Waals surface area contributed by atoms with Crippen molar-refractivity contribution in [3.63, 3.8) is 0 Å². The van der Waals surface area contributed by atoms with E-state index in [1.807, 2.05) is 4.72 Å². The number of amides is 1. The number of carbonyl (C=O) groups excluding carboxylic acids is 1. The first-order chi connectivity index (χ1) is 13.5. The van der Waals surface area contributed by atoms with Crippen LogP contribution in [0.3, 0.4) is 0 Å². The molecule has 0 saturated heterocycles. The van der Waals surface area contributed by atoms with Crippen molar-refractivity contribution in [1.82, 2.24) is 9.71 Å². The van der Waals surface area contributed by atoms with E-state index in [-0.39, 0.29) is 10.4 Å². The first-order valence-electron chi connectivity index (χ1n) is 8.35. The van der Waals surface area contributed by atoms with Crippen LogP contribution in [0.1, 0.15) is 18.2 Å². The number of nitrogens with one attached hydrogen (secondary N) is 2. The monoisotopic (exact) mass is 423 g/mol. The van der Waals surface area contributed by atoms with Gasteiger partial charge in [-0.25, -0.2) is 13.1 Å². The molecule has 2 aromatic carbocycles. The number of aromatic nitrogens is 1. The van der Waals surface area contributed by atoms with Gasteiger partial charge in [-0.05, 0) is 49.4 Å². The van der Waals surface area contributed by atoms with Crippen LogP contribution in [-0.2, 0) is 21.0 Å². The van der Waals surface area contributed by atoms with E-state index in [0.717, 1.165) is 19.1 Å². The van der Waals surface area contributed by atoms with Crippen molar-refractivity contribution < 1.29 is 26.4 Å². The Morgan fingerprint density at radius 2 is 1.69 bits per heavy atom. The molecule has 10 heteroatoms. The second-order valence-corrected chi connectivity index (χ2v) is 8.03. The van der Waals surface area contributed by atoms with Crippen molar-refractivity contribution in [2.75, 3.05) is 5.32 Å². The Morgan fingerprint density at radius 1 is 1.03 bits per heavy atom. The molecule has 3 aromatic rings. The predicted molar refractivity (Wildman–Crippen MR) is 102 cm³/mol. The highest BCUT2D eigenvalue weighted by Gasteiger charge is 2.30. The van der Waals surface area contributed by atoms with Gasteiger partial charge >= 0.3 is 6.18 Å². The SMILES string of the molecule is CC(=O)NS(=O)(=O)c1ccc(Nc2cc(C)nc3cc(C(F)(F)F)ccc23)cc1. The maximum absolute atomic E-state index is 13.0. The summed E-state index contributed by atoms with van der Waals surface area (Å²) < 4.78 is 64.7. The summed E-state index contributed by atoms with van der Waals surface area (Å²) in [4.78, 5) is 15.1. The molecule has 1 aromatic heterocycles. The quantitative estimate of drug-likeness (QED) is 0.659. The molecule has 6 nitrogen and oxygen atoms in total. The largest absolute Gasteiger partial charge is 0.416 e. The standard InChI is InChI=1S/C19H16F3N3O3S/c1-11-9-17(16-8-3-13(19(20,21)22)10-18(16)23-11)24-14-4-6-15(7-5-14)29(27,28)25-12(2)26/h3-10H,1-2H3,(H,23,24)(H,25,26). The molecular weight excluding hydrogens is 407 g/mol. The molecule has 2 N–H and O–H groups in total. The Labute approximate surface area is 164 Å². The molecule has 152 valence electrons. The maximum atomic E-state index is 13.0. The molecule has 0 radical (unpaired) electrons. The first-order valence-corrected chi connectivity index (χ1v) is 9.83. The fourth-order valence-electron chi connectivity index (χ4n) is 2.76. The van der Waals surface area contributed by atoms with Crippen LogP contribution in [0.4, 0.5) is 24.5 Å². The number of carbonyl (C=O) groups is 1. The van der Waals surface area contributed by atoms with Crippen LogP contribution in [0.2, 0.25) is 0 Å². The number of fused-ring (bicyclic) bond motifs is 1. The zero-order chi connectivity index (χ0) is 21.4. The average Bonchev–Trinajstić information content (AvgIpc) is 2.59. The fourth-order valence-corrected chi connectivity index (χ4v) is 3.75. The topological polar surface area (TPSA) is 88.2 Å². The molecule has 1 amide bonds. The van der Waals surface area contributed by atoms with Gasteiger partial charge in [-0.2, -0.15) is 13.2 Å². The third-order valence-corrected chi connectivity index (χ3v) is 5.44. The minimum atomic E-state index is -4.47. The summed E-state index contributed by atoms with van der Waals surface area (Å²) in [5.74, 6) is -0.704. The smallest absolute Gasteiger partial charge is 0.355 e. The summed E-state index contributed by atoms with van der Waals surface area (Å²) in [5, 5.41) is 3.55. The molecule has 0 bridgehead atoms. The molecule has 3 rings (SSSR count). The lowest BCUT2D eigenvalue weighted by Gasteiger charge is -2.13. The van der Waals surface area contributed by atoms with Crippen molar-refractivity contribution in [3.8, 4) is 0 Å². The lowest BCUT2D eigenvalue weighted by Crippen LogP contribution is -2.28. The highest BCUT2D eigenvalue weighted by Crippen LogP contribution is 2.34. The normalized spacial score (nSPS) is 12.0. The number of benzene rings is 2. The van der Waals surface area contributed by atoms with Gasteiger partial charge in [0.25, 0.3) is 10.0 Å². The van der Waals surface area contributed by atoms with Crippen molar-refractivity contribution in [1.29, 1.82) is 0 Å². The van der Waals surface area contributed by atoms with E-state index in [4.69, 9.17) is 0 Å². The van der Waals surface area contributed by atoms with E-state index < -0.39 is 27.7 Å². The van der Waals surface area contributed by atoms with Gasteiger partial charge in [-0.3, -0.25) is 9.78 Å². The Morgan fingerprint density at radius 3 is 2.28 bits per heavy atom. The number of alkyl halides is 3. The number of pyridine rings is 1. The van der Waals surface area contributed by atoms with Crippen LogP contribution in [0.25, 0.3) is 10.9 Å². The molecule has 29 heavy (non-hydrogen) atoms. The summed E-state index contributed by atoms with van der Waals surface area (Å²) in [5.41, 5.74) is 0.954. The number of aryl methyl sites for hydroxylation is 1. The average molecular weight is 423 g/mol. The van der Waals surface area contributed by atoms with Crippen LogP contribution in [0.5, 0.6) is 0 Å². The summed E-state index contributed by atoms with van der Waals surface area (Å²) in [6.45, 7) is 2.75. The molecule has 0 aliphatic rings. The highest BCUT2D eigenvalue weighted by molar-refractivity contribution is 7.90. The number of hydrogen-bond donors (Lipinski definition) is 2. The second-order valence-electron chi connectivity index (χ2n) is 6.35. The molecule has 0 unspecified atom stereocenters. The van der Waals surface area contributed by atoms with Crippen molar-refractivity contribution in [2.24, 2.45) is 0 Å². The maximum Gasteiger partial charge on any atom is 0.416 e. The molecule has 1 heterocycles. The fraction of sp³-hybridized carbons (Fsp3) is 0.158. The molecule has 0 saturated carbocycles. The number of sulfonamides is 1. The molecule has 0 aliphatic carbocycles. The van der Waals surface area contributed by atoms with E-state index in [2.05, 4.69) is 10.3 Å². The van der Waals surface area contributed by atoms with Gasteiger partial charge in [0, 0.05) is 29.4 Å². The zero-order valence-electron chi connectivity index (χ0n) is 15.3. The number of rotatable bonds is 4. The van der Waals surface area contributed by atoms with Crippen molar-refractivity contribution in [2.45, 2.75) is 24.9 Å². The van der Waals surface area contributed by atoms with E-state index in [9.17, 15) is 26.4 Å². The lowest BCUT2D eigenvalue weighted by molar-refractivity contribution is -0.137. The number of halogens is 3. The zero-order valence-corrected chi connectivity index (χ0v) is 16.1. The van der Waals surface area contributed by atoms with E-state index >= 15 is 0 Å². The van der Waals surface area contributed by atoms with Gasteiger partial charge < -0.3 is 5.32 Å². The summed E-state index contributed by atoms with van der Waals surface area (Å²) in [6, 6.07) is 10.6. The van der Waals surface area contributed by atoms with Crippen LogP contribution < -0.4 is 10.0 Å². The first kappa shape index (κ1) is 20.6. The Balaban J connectivity index is 1.95. The van der Waals surface area contributed by atoms with E-state index in [1.54, 1.807) is 13.0 Å². The Bertz CT molecular complexity index is 1190. The predicted octanol–water partition coefficient (Wildman–Crippen LogP) is 4.13. The molecule has 0 fully saturated rings. The number of nitrogens with zero attached hydrogens (tertiary/aromatic N) is 1. The van der Waals surface area contributed by atoms with Crippen LogP contribution >= 0.6 is 0 Å². The van der Waals surface area contributed by atoms with E-state index in [0.29, 0.717) is 22.5 Å². The Kier molecular flexibility index (Phi) is 5.22. The number of hydrogen-bond acceptors (Lipinski definition) is 5. The van der Waals surface area contributed by atoms with Gasteiger partial charge in [0.1, 0.15) is 0 Å². The van der Waals surface area contributed by atoms with Gasteiger partial charge in [-0.1, -0.05) is 6.07 Å². The molecule has 0 atom stereocenters. The summed E-state index contributed by atoms with van der Waals surface area (Å²) in [7, 11) is -3.95. The summed E-state index contributed by atoms with van der Waals surface area (Å²) in [6.07, 6.45) is -4.47. The van der Waals surface area contributed by atoms with Gasteiger partial charge in [0.2, 0.25) is 5.91 Å². The third-order valence-electron chi connectivity index (χ3n) is 3.99. The van der Waals surface area contributed by atoms with Crippen molar-refractivity contribution in [3.05, 3.63) is 59.8 Å². The van der Waals surface area contributed by atoms with Crippen LogP contribution in [0.15, 0.2) is 53.4 Å². The minimum absolute atomic E-state index is 0.0937. The second kappa shape index (κ2) is 7.36. The summed E-state index contributed by atoms with van der Waals surface area (Å²) >= 11 is 0. The molecular formula is C19H16F3N3O3S. The van der Waals surface area contributed by atoms with Crippen LogP contribution in [0, 0.1) is 6.92 Å². The lowest BCUT2D eigenvalue weighted by atomic mass is 10.1. The van der Waals surface area contributed by atoms with Crippen LogP contribution in [-0.4, -0.2) is 19.3 Å². The number of anilines is 2. The third kappa shape index (κ3) is 4.65. The van der Waals surface area contributed by atoms with Gasteiger partial charge in [0.05, 0.1) is 16.0 Å².